The number of benzene rings is 1. The largest absolute Gasteiger partial charge is 0.434 e. The van der Waals surface area contributed by atoms with Crippen molar-refractivity contribution < 1.29 is 13.5 Å². The molecule has 100 valence electrons. The lowest BCUT2D eigenvalue weighted by Crippen LogP contribution is -2.38. The van der Waals surface area contributed by atoms with E-state index in [1.54, 1.807) is 12.1 Å². The molecular formula is C14H19F2NO. The van der Waals surface area contributed by atoms with Gasteiger partial charge in [0.2, 0.25) is 0 Å². The minimum Gasteiger partial charge on any atom is -0.434 e. The van der Waals surface area contributed by atoms with Crippen LogP contribution in [0.5, 0.6) is 5.75 Å². The summed E-state index contributed by atoms with van der Waals surface area (Å²) in [4.78, 5) is 0. The van der Waals surface area contributed by atoms with Crippen LogP contribution >= 0.6 is 0 Å². The molecule has 0 spiro atoms. The fourth-order valence-corrected chi connectivity index (χ4v) is 2.50. The highest BCUT2D eigenvalue weighted by Gasteiger charge is 2.27. The van der Waals surface area contributed by atoms with E-state index in [1.807, 2.05) is 12.1 Å². The summed E-state index contributed by atoms with van der Waals surface area (Å²) in [5.74, 6) is 0.265. The first-order valence-corrected chi connectivity index (χ1v) is 6.37. The third-order valence-corrected chi connectivity index (χ3v) is 3.60. The van der Waals surface area contributed by atoms with Gasteiger partial charge in [-0.2, -0.15) is 8.78 Å². The van der Waals surface area contributed by atoms with E-state index >= 15 is 0 Å². The predicted molar refractivity (Wildman–Crippen MR) is 66.8 cm³/mol. The number of para-hydroxylation sites is 1. The van der Waals surface area contributed by atoms with E-state index in [2.05, 4.69) is 17.0 Å². The fraction of sp³-hybridized carbons (Fsp3) is 0.571. The Morgan fingerprint density at radius 3 is 2.61 bits per heavy atom. The van der Waals surface area contributed by atoms with Gasteiger partial charge < -0.3 is 10.1 Å². The van der Waals surface area contributed by atoms with Gasteiger partial charge in [-0.25, -0.2) is 0 Å². The van der Waals surface area contributed by atoms with Crippen LogP contribution in [0.3, 0.4) is 0 Å². The third-order valence-electron chi connectivity index (χ3n) is 3.60. The molecule has 1 aromatic carbocycles. The van der Waals surface area contributed by atoms with Crippen LogP contribution in [0.1, 0.15) is 38.2 Å². The lowest BCUT2D eigenvalue weighted by Gasteiger charge is -2.26. The maximum atomic E-state index is 12.3. The second-order valence-electron chi connectivity index (χ2n) is 5.11. The van der Waals surface area contributed by atoms with Crippen molar-refractivity contribution in [2.24, 2.45) is 0 Å². The molecule has 18 heavy (non-hydrogen) atoms. The molecule has 1 N–H and O–H groups in total. The lowest BCUT2D eigenvalue weighted by atomic mass is 10.0. The van der Waals surface area contributed by atoms with Crippen molar-refractivity contribution in [3.05, 3.63) is 29.8 Å². The van der Waals surface area contributed by atoms with Crippen LogP contribution in [0.4, 0.5) is 8.78 Å². The summed E-state index contributed by atoms with van der Waals surface area (Å²) in [6.45, 7) is -0.0103. The van der Waals surface area contributed by atoms with Gasteiger partial charge in [-0.3, -0.25) is 0 Å². The third kappa shape index (κ3) is 3.42. The summed E-state index contributed by atoms with van der Waals surface area (Å²) in [5.41, 5.74) is 0.920. The number of nitrogens with one attached hydrogen (secondary N) is 1. The molecule has 1 fully saturated rings. The molecule has 1 aliphatic carbocycles. The number of alkyl halides is 2. The number of hydrogen-bond acceptors (Lipinski definition) is 2. The quantitative estimate of drug-likeness (QED) is 0.866. The molecule has 0 atom stereocenters. The smallest absolute Gasteiger partial charge is 0.387 e. The summed E-state index contributed by atoms with van der Waals surface area (Å²) >= 11 is 0. The van der Waals surface area contributed by atoms with Gasteiger partial charge in [0.25, 0.3) is 0 Å². The molecule has 0 saturated heterocycles. The first-order valence-electron chi connectivity index (χ1n) is 6.37. The number of hydrogen-bond donors (Lipinski definition) is 1. The van der Waals surface area contributed by atoms with Crippen molar-refractivity contribution >= 4 is 0 Å². The maximum absolute atomic E-state index is 12.3. The molecule has 0 radical (unpaired) electrons. The van der Waals surface area contributed by atoms with Crippen LogP contribution in [0.25, 0.3) is 0 Å². The van der Waals surface area contributed by atoms with Crippen LogP contribution in [0.15, 0.2) is 24.3 Å². The van der Waals surface area contributed by atoms with Gasteiger partial charge in [0.1, 0.15) is 5.75 Å². The molecule has 0 aromatic heterocycles. The Bertz CT molecular complexity index is 389. The predicted octanol–water partition coefficient (Wildman–Crippen LogP) is 3.71. The summed E-state index contributed by atoms with van der Waals surface area (Å²) in [6.07, 6.45) is 4.76. The molecule has 0 amide bonds. The average Bonchev–Trinajstić information content (AvgIpc) is 2.75. The highest BCUT2D eigenvalue weighted by Crippen LogP contribution is 2.30. The molecule has 2 nitrogen and oxygen atoms in total. The van der Waals surface area contributed by atoms with Crippen molar-refractivity contribution in [2.75, 3.05) is 0 Å². The topological polar surface area (TPSA) is 21.3 Å². The van der Waals surface area contributed by atoms with E-state index in [-0.39, 0.29) is 11.3 Å². The molecule has 0 unspecified atom stereocenters. The minimum atomic E-state index is -2.77. The zero-order valence-corrected chi connectivity index (χ0v) is 10.6. The Kier molecular flexibility index (Phi) is 4.17. The second-order valence-corrected chi connectivity index (χ2v) is 5.11. The summed E-state index contributed by atoms with van der Waals surface area (Å²) in [7, 11) is 0. The van der Waals surface area contributed by atoms with Gasteiger partial charge in [-0.05, 0) is 25.8 Å². The van der Waals surface area contributed by atoms with E-state index in [0.717, 1.165) is 18.4 Å². The average molecular weight is 255 g/mol. The van der Waals surface area contributed by atoms with Gasteiger partial charge in [-0.1, -0.05) is 31.0 Å². The Morgan fingerprint density at radius 1 is 1.28 bits per heavy atom. The standard InChI is InChI=1S/C14H19F2NO/c1-14(8-4-5-9-14)17-10-11-6-2-3-7-12(11)18-13(15)16/h2-3,6-7,13,17H,4-5,8-10H2,1H3. The lowest BCUT2D eigenvalue weighted by molar-refractivity contribution is -0.0505. The van der Waals surface area contributed by atoms with Crippen molar-refractivity contribution in [3.8, 4) is 5.75 Å². The SMILES string of the molecule is CC1(NCc2ccccc2OC(F)F)CCCC1. The van der Waals surface area contributed by atoms with Crippen molar-refractivity contribution in [1.29, 1.82) is 0 Å². The number of halogens is 2. The van der Waals surface area contributed by atoms with Crippen LogP contribution in [0, 0.1) is 0 Å². The Morgan fingerprint density at radius 2 is 1.94 bits per heavy atom. The second kappa shape index (κ2) is 5.65. The van der Waals surface area contributed by atoms with Crippen molar-refractivity contribution in [3.63, 3.8) is 0 Å². The van der Waals surface area contributed by atoms with Gasteiger partial charge >= 0.3 is 6.61 Å². The summed E-state index contributed by atoms with van der Waals surface area (Å²) < 4.78 is 29.1. The maximum Gasteiger partial charge on any atom is 0.387 e. The number of rotatable bonds is 5. The molecule has 0 heterocycles. The highest BCUT2D eigenvalue weighted by molar-refractivity contribution is 5.33. The fourth-order valence-electron chi connectivity index (χ4n) is 2.50. The Hall–Kier alpha value is -1.16. The van der Waals surface area contributed by atoms with Gasteiger partial charge in [-0.15, -0.1) is 0 Å². The van der Waals surface area contributed by atoms with Crippen molar-refractivity contribution in [2.45, 2.75) is 51.3 Å². The van der Waals surface area contributed by atoms with Gasteiger partial charge in [0.05, 0.1) is 0 Å². The molecular weight excluding hydrogens is 236 g/mol. The molecule has 1 aliphatic rings. The van der Waals surface area contributed by atoms with Crippen LogP contribution < -0.4 is 10.1 Å². The van der Waals surface area contributed by atoms with Crippen LogP contribution in [-0.2, 0) is 6.54 Å². The molecule has 1 aromatic rings. The number of ether oxygens (including phenoxy) is 1. The zero-order chi connectivity index (χ0) is 13.0. The summed E-state index contributed by atoms with van der Waals surface area (Å²) in [5, 5.41) is 3.46. The molecule has 0 bridgehead atoms. The zero-order valence-electron chi connectivity index (χ0n) is 10.6. The van der Waals surface area contributed by atoms with E-state index in [1.165, 1.54) is 12.8 Å². The van der Waals surface area contributed by atoms with E-state index in [9.17, 15) is 8.78 Å². The molecule has 4 heteroatoms. The van der Waals surface area contributed by atoms with Crippen molar-refractivity contribution in [1.82, 2.24) is 5.32 Å². The normalized spacial score (nSPS) is 18.2. The Labute approximate surface area is 106 Å². The van der Waals surface area contributed by atoms with Gasteiger partial charge in [0.15, 0.2) is 0 Å². The van der Waals surface area contributed by atoms with E-state index < -0.39 is 6.61 Å². The molecule has 1 saturated carbocycles. The van der Waals surface area contributed by atoms with Gasteiger partial charge in [0, 0.05) is 17.6 Å². The van der Waals surface area contributed by atoms with Crippen LogP contribution in [-0.4, -0.2) is 12.2 Å². The van der Waals surface area contributed by atoms with E-state index in [4.69, 9.17) is 0 Å². The first kappa shape index (κ1) is 13.3. The molecule has 0 aliphatic heterocycles. The molecule has 2 rings (SSSR count). The minimum absolute atomic E-state index is 0.137. The van der Waals surface area contributed by atoms with Crippen LogP contribution in [0.2, 0.25) is 0 Å². The van der Waals surface area contributed by atoms with E-state index in [0.29, 0.717) is 6.54 Å². The first-order chi connectivity index (χ1) is 8.59. The highest BCUT2D eigenvalue weighted by atomic mass is 19.3. The Balaban J connectivity index is 2.00. The summed E-state index contributed by atoms with van der Waals surface area (Å²) in [6, 6.07) is 6.95. The monoisotopic (exact) mass is 255 g/mol.